The summed E-state index contributed by atoms with van der Waals surface area (Å²) in [5, 5.41) is 8.37. The number of hydrogen-bond donors (Lipinski definition) is 0. The standard InChI is InChI=1S/C7H3FN.BrH.Zn/c8-7-4-2-1-3-6(7)5-9;;/h2-4H;1H;. The minimum atomic E-state index is -0.431. The van der Waals surface area contributed by atoms with Gasteiger partial charge in [0.05, 0.1) is 0 Å². The summed E-state index contributed by atoms with van der Waals surface area (Å²) in [7, 11) is 0. The minimum absolute atomic E-state index is 0. The first-order valence-corrected chi connectivity index (χ1v) is 4.24. The normalized spacial score (nSPS) is 8.18. The molecule has 0 N–H and O–H groups in total. The van der Waals surface area contributed by atoms with Crippen molar-refractivity contribution in [1.29, 1.82) is 5.26 Å². The third-order valence-corrected chi connectivity index (χ3v) is 2.07. The molecule has 0 radical (unpaired) electrons. The molecule has 0 aliphatic heterocycles. The number of benzene rings is 1. The molecule has 4 heteroatoms. The fraction of sp³-hybridized carbons (Fsp3) is 0. The van der Waals surface area contributed by atoms with Crippen LogP contribution < -0.4 is 4.16 Å². The average molecular weight is 266 g/mol. The summed E-state index contributed by atoms with van der Waals surface area (Å²) in [4.78, 5) is 0. The summed E-state index contributed by atoms with van der Waals surface area (Å²) in [6.07, 6.45) is 0. The topological polar surface area (TPSA) is 23.8 Å². The van der Waals surface area contributed by atoms with Gasteiger partial charge in [0, 0.05) is 0 Å². The van der Waals surface area contributed by atoms with Gasteiger partial charge >= 0.3 is 67.8 Å². The Morgan fingerprint density at radius 3 is 2.55 bits per heavy atom. The SMILES string of the molecule is Br.N#Cc1c[c]([Zn])ccc1F. The van der Waals surface area contributed by atoms with Crippen LogP contribution in [0.5, 0.6) is 0 Å². The van der Waals surface area contributed by atoms with Gasteiger partial charge in [-0.05, 0) is 0 Å². The molecule has 0 aromatic heterocycles. The van der Waals surface area contributed by atoms with Gasteiger partial charge < -0.3 is 0 Å². The third-order valence-electron chi connectivity index (χ3n) is 1.15. The van der Waals surface area contributed by atoms with Crippen LogP contribution >= 0.6 is 17.0 Å². The molecule has 0 unspecified atom stereocenters. The fourth-order valence-electron chi connectivity index (χ4n) is 0.658. The van der Waals surface area contributed by atoms with Crippen LogP contribution in [0, 0.1) is 17.1 Å². The van der Waals surface area contributed by atoms with Crippen LogP contribution in [0.4, 0.5) is 4.39 Å². The van der Waals surface area contributed by atoms with Gasteiger partial charge in [-0.25, -0.2) is 0 Å². The summed E-state index contributed by atoms with van der Waals surface area (Å²) >= 11 is 0.953. The van der Waals surface area contributed by atoms with Gasteiger partial charge in [-0.1, -0.05) is 0 Å². The molecule has 11 heavy (non-hydrogen) atoms. The van der Waals surface area contributed by atoms with Crippen molar-refractivity contribution in [2.75, 3.05) is 0 Å². The van der Waals surface area contributed by atoms with Crippen molar-refractivity contribution < 1.29 is 22.7 Å². The Bertz CT molecular complexity index is 295. The number of rotatable bonds is 0. The molecule has 53 valence electrons. The van der Waals surface area contributed by atoms with Crippen molar-refractivity contribution in [2.24, 2.45) is 0 Å². The quantitative estimate of drug-likeness (QED) is 0.652. The molecule has 0 spiro atoms. The molecule has 0 fully saturated rings. The van der Waals surface area contributed by atoms with Gasteiger partial charge in [0.15, 0.2) is 0 Å². The van der Waals surface area contributed by atoms with Crippen molar-refractivity contribution in [3.8, 4) is 6.07 Å². The van der Waals surface area contributed by atoms with Gasteiger partial charge in [0.25, 0.3) is 0 Å². The van der Waals surface area contributed by atoms with E-state index in [0.717, 1.165) is 22.5 Å². The maximum atomic E-state index is 12.6. The number of halogens is 2. The molecule has 0 aliphatic rings. The maximum absolute atomic E-state index is 12.6. The molecule has 0 saturated heterocycles. The summed E-state index contributed by atoms with van der Waals surface area (Å²) in [6.45, 7) is 0. The van der Waals surface area contributed by atoms with Gasteiger partial charge in [-0.15, -0.1) is 17.0 Å². The van der Waals surface area contributed by atoms with Crippen LogP contribution in [0.15, 0.2) is 18.2 Å². The molecule has 0 saturated carbocycles. The van der Waals surface area contributed by atoms with Gasteiger partial charge in [-0.2, -0.15) is 0 Å². The summed E-state index contributed by atoms with van der Waals surface area (Å²) in [5.74, 6) is -0.431. The molecule has 1 nitrogen and oxygen atoms in total. The van der Waals surface area contributed by atoms with Crippen molar-refractivity contribution in [1.82, 2.24) is 0 Å². The van der Waals surface area contributed by atoms with Crippen LogP contribution in [-0.2, 0) is 18.3 Å². The Morgan fingerprint density at radius 1 is 1.45 bits per heavy atom. The molecule has 1 rings (SSSR count). The van der Waals surface area contributed by atoms with Crippen molar-refractivity contribution in [3.63, 3.8) is 0 Å². The Balaban J connectivity index is 0.000001000. The van der Waals surface area contributed by atoms with Crippen molar-refractivity contribution in [2.45, 2.75) is 0 Å². The predicted molar refractivity (Wildman–Crippen MR) is 41.1 cm³/mol. The molecular formula is C7H4BrFNZn. The Morgan fingerprint density at radius 2 is 2.09 bits per heavy atom. The van der Waals surface area contributed by atoms with E-state index in [1.54, 1.807) is 18.2 Å². The zero-order chi connectivity index (χ0) is 7.56. The van der Waals surface area contributed by atoms with Crippen LogP contribution in [-0.4, -0.2) is 0 Å². The van der Waals surface area contributed by atoms with E-state index >= 15 is 0 Å². The van der Waals surface area contributed by atoms with Gasteiger partial charge in [-0.3, -0.25) is 0 Å². The molecule has 1 aromatic carbocycles. The van der Waals surface area contributed by atoms with Gasteiger partial charge in [0.2, 0.25) is 0 Å². The molecule has 0 atom stereocenters. The van der Waals surface area contributed by atoms with Crippen LogP contribution in [0.3, 0.4) is 0 Å². The van der Waals surface area contributed by atoms with Crippen LogP contribution in [0.2, 0.25) is 0 Å². The number of hydrogen-bond acceptors (Lipinski definition) is 1. The van der Waals surface area contributed by atoms with Crippen molar-refractivity contribution in [3.05, 3.63) is 29.6 Å². The summed E-state index contributed by atoms with van der Waals surface area (Å²) < 4.78 is 13.6. The first kappa shape index (κ1) is 10.7. The molecule has 0 bridgehead atoms. The van der Waals surface area contributed by atoms with Crippen LogP contribution in [0.1, 0.15) is 5.56 Å². The van der Waals surface area contributed by atoms with E-state index in [1.165, 1.54) is 6.07 Å². The summed E-state index contributed by atoms with van der Waals surface area (Å²) in [6, 6.07) is 6.38. The average Bonchev–Trinajstić information content (AvgIpc) is 1.94. The predicted octanol–water partition coefficient (Wildman–Crippen LogP) is 1.45. The Labute approximate surface area is 84.7 Å². The zero-order valence-electron chi connectivity index (χ0n) is 5.67. The molecule has 0 aliphatic carbocycles. The first-order valence-electron chi connectivity index (χ1n) is 2.75. The van der Waals surface area contributed by atoms with E-state index in [1.807, 2.05) is 0 Å². The third kappa shape index (κ3) is 2.69. The molecule has 0 amide bonds. The second-order valence-corrected chi connectivity index (χ2v) is 3.64. The molecule has 0 heterocycles. The van der Waals surface area contributed by atoms with Crippen LogP contribution in [0.25, 0.3) is 0 Å². The summed E-state index contributed by atoms with van der Waals surface area (Å²) in [5.41, 5.74) is 0.142. The van der Waals surface area contributed by atoms with E-state index in [4.69, 9.17) is 5.26 Å². The van der Waals surface area contributed by atoms with Gasteiger partial charge in [0.1, 0.15) is 0 Å². The fourth-order valence-corrected chi connectivity index (χ4v) is 1.33. The van der Waals surface area contributed by atoms with E-state index in [2.05, 4.69) is 0 Å². The monoisotopic (exact) mass is 264 g/mol. The zero-order valence-corrected chi connectivity index (χ0v) is 10.4. The van der Waals surface area contributed by atoms with E-state index in [9.17, 15) is 4.39 Å². The molecular weight excluding hydrogens is 262 g/mol. The van der Waals surface area contributed by atoms with E-state index in [0.29, 0.717) is 0 Å². The Kier molecular flexibility index (Phi) is 4.48. The molecule has 1 aromatic rings. The second-order valence-electron chi connectivity index (χ2n) is 1.93. The first-order chi connectivity index (χ1) is 4.74. The number of nitriles is 1. The Hall–Kier alpha value is -0.257. The second kappa shape index (κ2) is 4.59. The number of nitrogens with zero attached hydrogens (tertiary/aromatic N) is 1. The van der Waals surface area contributed by atoms with Crippen molar-refractivity contribution >= 4 is 21.1 Å². The van der Waals surface area contributed by atoms with E-state index < -0.39 is 5.82 Å². The van der Waals surface area contributed by atoms with E-state index in [-0.39, 0.29) is 22.5 Å².